The van der Waals surface area contributed by atoms with E-state index >= 15 is 0 Å². The number of fused-ring (bicyclic) bond motifs is 1. The Balaban J connectivity index is 1.55. The van der Waals surface area contributed by atoms with Crippen molar-refractivity contribution in [1.82, 2.24) is 15.3 Å². The first-order valence-electron chi connectivity index (χ1n) is 8.00. The van der Waals surface area contributed by atoms with E-state index in [0.717, 1.165) is 22.6 Å². The second-order valence-corrected chi connectivity index (χ2v) is 7.25. The third-order valence-corrected chi connectivity index (χ3v) is 5.29. The van der Waals surface area contributed by atoms with Crippen LogP contribution in [-0.2, 0) is 4.79 Å². The fraction of sp³-hybridized carbons (Fsp3) is 0.529. The molecule has 1 aromatic heterocycles. The highest BCUT2D eigenvalue weighted by atomic mass is 32.2. The van der Waals surface area contributed by atoms with Crippen LogP contribution in [0.4, 0.5) is 0 Å². The minimum Gasteiger partial charge on any atom is -0.352 e. The van der Waals surface area contributed by atoms with Gasteiger partial charge in [-0.3, -0.25) is 4.79 Å². The fourth-order valence-electron chi connectivity index (χ4n) is 3.08. The summed E-state index contributed by atoms with van der Waals surface area (Å²) in [4.78, 5) is 19.9. The molecule has 3 rings (SSSR count). The average Bonchev–Trinajstić information content (AvgIpc) is 2.89. The quantitative estimate of drug-likeness (QED) is 0.846. The molecular formula is C17H23N3OS. The van der Waals surface area contributed by atoms with Gasteiger partial charge in [0.25, 0.3) is 0 Å². The van der Waals surface area contributed by atoms with E-state index in [2.05, 4.69) is 41.3 Å². The Morgan fingerprint density at radius 1 is 1.41 bits per heavy atom. The number of imidazole rings is 1. The zero-order valence-corrected chi connectivity index (χ0v) is 14.0. The highest BCUT2D eigenvalue weighted by molar-refractivity contribution is 7.99. The van der Waals surface area contributed by atoms with E-state index in [1.807, 2.05) is 6.07 Å². The lowest BCUT2D eigenvalue weighted by atomic mass is 9.86. The van der Waals surface area contributed by atoms with Gasteiger partial charge in [0, 0.05) is 6.04 Å². The molecule has 1 saturated carbocycles. The van der Waals surface area contributed by atoms with Gasteiger partial charge in [-0.25, -0.2) is 4.98 Å². The molecule has 4 nitrogen and oxygen atoms in total. The number of hydrogen-bond donors (Lipinski definition) is 2. The number of hydrogen-bond acceptors (Lipinski definition) is 3. The molecule has 2 aromatic rings. The molecule has 1 amide bonds. The zero-order chi connectivity index (χ0) is 15.5. The molecule has 0 spiro atoms. The van der Waals surface area contributed by atoms with Gasteiger partial charge in [-0.05, 0) is 43.4 Å². The first-order valence-corrected chi connectivity index (χ1v) is 8.99. The average molecular weight is 317 g/mol. The number of rotatable bonds is 4. The van der Waals surface area contributed by atoms with E-state index in [9.17, 15) is 4.79 Å². The molecular weight excluding hydrogens is 294 g/mol. The van der Waals surface area contributed by atoms with Crippen LogP contribution in [0.25, 0.3) is 11.0 Å². The first kappa shape index (κ1) is 15.4. The summed E-state index contributed by atoms with van der Waals surface area (Å²) in [6.45, 7) is 4.30. The van der Waals surface area contributed by atoms with Crippen molar-refractivity contribution >= 4 is 28.7 Å². The second-order valence-electron chi connectivity index (χ2n) is 6.29. The topological polar surface area (TPSA) is 57.8 Å². The fourth-order valence-corrected chi connectivity index (χ4v) is 3.78. The summed E-state index contributed by atoms with van der Waals surface area (Å²) in [5.74, 6) is 1.12. The van der Waals surface area contributed by atoms with Crippen molar-refractivity contribution in [2.75, 3.05) is 5.75 Å². The lowest BCUT2D eigenvalue weighted by Crippen LogP contribution is -2.41. The van der Waals surface area contributed by atoms with E-state index in [4.69, 9.17) is 0 Å². The molecule has 1 aliphatic carbocycles. The van der Waals surface area contributed by atoms with Gasteiger partial charge in [0.15, 0.2) is 5.16 Å². The number of aromatic nitrogens is 2. The number of aryl methyl sites for hydroxylation is 1. The highest BCUT2D eigenvalue weighted by Crippen LogP contribution is 2.24. The summed E-state index contributed by atoms with van der Waals surface area (Å²) in [5.41, 5.74) is 3.19. The van der Waals surface area contributed by atoms with Crippen molar-refractivity contribution in [2.24, 2.45) is 5.92 Å². The summed E-state index contributed by atoms with van der Waals surface area (Å²) >= 11 is 1.47. The molecule has 2 atom stereocenters. The van der Waals surface area contributed by atoms with Crippen LogP contribution in [0.15, 0.2) is 23.4 Å². The smallest absolute Gasteiger partial charge is 0.230 e. The molecule has 5 heteroatoms. The molecule has 0 unspecified atom stereocenters. The van der Waals surface area contributed by atoms with Gasteiger partial charge in [-0.2, -0.15) is 0 Å². The van der Waals surface area contributed by atoms with E-state index in [-0.39, 0.29) is 5.91 Å². The number of amides is 1. The highest BCUT2D eigenvalue weighted by Gasteiger charge is 2.22. The number of nitrogens with one attached hydrogen (secondary N) is 2. The molecule has 0 saturated heterocycles. The summed E-state index contributed by atoms with van der Waals surface area (Å²) in [6.07, 6.45) is 4.86. The van der Waals surface area contributed by atoms with E-state index in [1.165, 1.54) is 36.6 Å². The second kappa shape index (κ2) is 6.73. The van der Waals surface area contributed by atoms with Gasteiger partial charge in [-0.15, -0.1) is 0 Å². The lowest BCUT2D eigenvalue weighted by molar-refractivity contribution is -0.119. The number of thioether (sulfide) groups is 1. The standard InChI is InChI=1S/C17H23N3OS/c1-11-7-8-14-15(9-11)20-17(19-14)22-10-16(21)18-13-6-4-3-5-12(13)2/h7-9,12-13H,3-6,10H2,1-2H3,(H,18,21)(H,19,20)/t12-,13-/m0/s1. The van der Waals surface area contributed by atoms with Gasteiger partial charge < -0.3 is 10.3 Å². The maximum absolute atomic E-state index is 12.1. The minimum atomic E-state index is 0.111. The molecule has 118 valence electrons. The number of H-pyrrole nitrogens is 1. The van der Waals surface area contributed by atoms with Crippen molar-refractivity contribution in [1.29, 1.82) is 0 Å². The number of carbonyl (C=O) groups excluding carboxylic acids is 1. The van der Waals surface area contributed by atoms with Crippen LogP contribution < -0.4 is 5.32 Å². The molecule has 1 heterocycles. The van der Waals surface area contributed by atoms with Crippen LogP contribution in [0.2, 0.25) is 0 Å². The first-order chi connectivity index (χ1) is 10.6. The van der Waals surface area contributed by atoms with Crippen LogP contribution >= 0.6 is 11.8 Å². The molecule has 1 fully saturated rings. The summed E-state index contributed by atoms with van der Waals surface area (Å²) in [6, 6.07) is 6.49. The summed E-state index contributed by atoms with van der Waals surface area (Å²) < 4.78 is 0. The van der Waals surface area contributed by atoms with Crippen molar-refractivity contribution in [2.45, 2.75) is 50.7 Å². The summed E-state index contributed by atoms with van der Waals surface area (Å²) in [5, 5.41) is 3.99. The Hall–Kier alpha value is -1.49. The van der Waals surface area contributed by atoms with Crippen LogP contribution in [0, 0.1) is 12.8 Å². The minimum absolute atomic E-state index is 0.111. The van der Waals surface area contributed by atoms with Crippen LogP contribution in [0.5, 0.6) is 0 Å². The van der Waals surface area contributed by atoms with Crippen LogP contribution in [-0.4, -0.2) is 27.7 Å². The number of benzene rings is 1. The van der Waals surface area contributed by atoms with Gasteiger partial charge >= 0.3 is 0 Å². The number of aromatic amines is 1. The molecule has 0 aliphatic heterocycles. The third-order valence-electron chi connectivity index (χ3n) is 4.41. The molecule has 22 heavy (non-hydrogen) atoms. The molecule has 1 aliphatic rings. The van der Waals surface area contributed by atoms with Crippen molar-refractivity contribution < 1.29 is 4.79 Å². The van der Waals surface area contributed by atoms with Crippen LogP contribution in [0.1, 0.15) is 38.2 Å². The molecule has 2 N–H and O–H groups in total. The van der Waals surface area contributed by atoms with Gasteiger partial charge in [-0.1, -0.05) is 37.6 Å². The molecule has 0 bridgehead atoms. The van der Waals surface area contributed by atoms with E-state index < -0.39 is 0 Å². The Kier molecular flexibility index (Phi) is 4.71. The van der Waals surface area contributed by atoms with Gasteiger partial charge in [0.05, 0.1) is 16.8 Å². The Bertz CT molecular complexity index is 667. The van der Waals surface area contributed by atoms with Crippen molar-refractivity contribution in [3.8, 4) is 0 Å². The Morgan fingerprint density at radius 2 is 2.23 bits per heavy atom. The molecule has 0 radical (unpaired) electrons. The summed E-state index contributed by atoms with van der Waals surface area (Å²) in [7, 11) is 0. The van der Waals surface area contributed by atoms with E-state index in [1.54, 1.807) is 0 Å². The van der Waals surface area contributed by atoms with Crippen LogP contribution in [0.3, 0.4) is 0 Å². The molecule has 1 aromatic carbocycles. The number of carbonyl (C=O) groups is 1. The van der Waals surface area contributed by atoms with Crippen molar-refractivity contribution in [3.63, 3.8) is 0 Å². The van der Waals surface area contributed by atoms with Gasteiger partial charge in [0.2, 0.25) is 5.91 Å². The maximum atomic E-state index is 12.1. The zero-order valence-electron chi connectivity index (χ0n) is 13.2. The van der Waals surface area contributed by atoms with E-state index in [0.29, 0.717) is 17.7 Å². The van der Waals surface area contributed by atoms with Gasteiger partial charge in [0.1, 0.15) is 0 Å². The predicted molar refractivity (Wildman–Crippen MR) is 91.1 cm³/mol. The largest absolute Gasteiger partial charge is 0.352 e. The Morgan fingerprint density at radius 3 is 3.05 bits per heavy atom. The monoisotopic (exact) mass is 317 g/mol. The lowest BCUT2D eigenvalue weighted by Gasteiger charge is -2.29. The predicted octanol–water partition coefficient (Wildman–Crippen LogP) is 3.66. The maximum Gasteiger partial charge on any atom is 0.230 e. The third kappa shape index (κ3) is 3.64. The Labute approximate surface area is 135 Å². The van der Waals surface area contributed by atoms with Crippen molar-refractivity contribution in [3.05, 3.63) is 23.8 Å². The SMILES string of the molecule is Cc1ccc2nc(SCC(=O)N[C@H]3CCCC[C@@H]3C)[nH]c2c1. The number of nitrogens with zero attached hydrogens (tertiary/aromatic N) is 1. The normalized spacial score (nSPS) is 21.9.